The van der Waals surface area contributed by atoms with Gasteiger partial charge >= 0.3 is 0 Å². The van der Waals surface area contributed by atoms with Crippen LogP contribution in [0.25, 0.3) is 11.0 Å². The van der Waals surface area contributed by atoms with Gasteiger partial charge in [0.15, 0.2) is 0 Å². The molecule has 0 saturated heterocycles. The number of para-hydroxylation sites is 2. The Hall–Kier alpha value is -2.09. The largest absolute Gasteiger partial charge is 0.323 e. The summed E-state index contributed by atoms with van der Waals surface area (Å²) in [5, 5.41) is 0. The third-order valence-corrected chi connectivity index (χ3v) is 5.14. The van der Waals surface area contributed by atoms with Gasteiger partial charge in [0, 0.05) is 13.0 Å². The molecule has 1 aliphatic rings. The molecule has 0 aliphatic heterocycles. The minimum atomic E-state index is 0.823. The van der Waals surface area contributed by atoms with Gasteiger partial charge in [-0.1, -0.05) is 67.6 Å². The first-order valence-corrected chi connectivity index (χ1v) is 8.79. The van der Waals surface area contributed by atoms with Gasteiger partial charge in [-0.25, -0.2) is 4.98 Å². The van der Waals surface area contributed by atoms with Gasteiger partial charge in [0.25, 0.3) is 0 Å². The van der Waals surface area contributed by atoms with Crippen LogP contribution in [0.4, 0.5) is 0 Å². The van der Waals surface area contributed by atoms with E-state index < -0.39 is 0 Å². The predicted octanol–water partition coefficient (Wildman–Crippen LogP) is 5.13. The van der Waals surface area contributed by atoms with Gasteiger partial charge in [0.05, 0.1) is 11.0 Å². The van der Waals surface area contributed by atoms with Crippen molar-refractivity contribution in [3.63, 3.8) is 0 Å². The Morgan fingerprint density at radius 2 is 1.74 bits per heavy atom. The van der Waals surface area contributed by atoms with E-state index in [1.165, 1.54) is 48.2 Å². The number of aryl methyl sites for hydroxylation is 1. The normalized spacial score (nSPS) is 15.5. The van der Waals surface area contributed by atoms with Crippen LogP contribution in [0.15, 0.2) is 48.5 Å². The van der Waals surface area contributed by atoms with Crippen molar-refractivity contribution in [1.82, 2.24) is 9.55 Å². The molecule has 3 aromatic rings. The SMILES string of the molecule is Cc1ccc(Cn2c(CC3CCCC3)nc3ccccc32)cc1. The number of imidazole rings is 1. The summed E-state index contributed by atoms with van der Waals surface area (Å²) in [5.41, 5.74) is 5.07. The lowest BCUT2D eigenvalue weighted by Crippen LogP contribution is -2.09. The topological polar surface area (TPSA) is 17.8 Å². The molecule has 0 bridgehead atoms. The van der Waals surface area contributed by atoms with Gasteiger partial charge in [0.2, 0.25) is 0 Å². The van der Waals surface area contributed by atoms with Crippen molar-refractivity contribution in [3.05, 3.63) is 65.5 Å². The van der Waals surface area contributed by atoms with Gasteiger partial charge in [-0.2, -0.15) is 0 Å². The maximum Gasteiger partial charge on any atom is 0.110 e. The van der Waals surface area contributed by atoms with E-state index in [4.69, 9.17) is 4.98 Å². The standard InChI is InChI=1S/C21H24N2/c1-16-10-12-18(13-11-16)15-23-20-9-5-4-8-19(20)22-21(23)14-17-6-2-3-7-17/h4-5,8-13,17H,2-3,6-7,14-15H2,1H3. The maximum atomic E-state index is 4.95. The summed E-state index contributed by atoms with van der Waals surface area (Å²) in [7, 11) is 0. The Balaban J connectivity index is 1.71. The molecule has 2 nitrogen and oxygen atoms in total. The van der Waals surface area contributed by atoms with E-state index in [0.29, 0.717) is 0 Å². The Kier molecular flexibility index (Phi) is 3.90. The summed E-state index contributed by atoms with van der Waals surface area (Å²) in [6, 6.07) is 17.4. The zero-order chi connectivity index (χ0) is 15.6. The zero-order valence-corrected chi connectivity index (χ0v) is 13.8. The molecule has 2 heteroatoms. The molecule has 1 aromatic heterocycles. The van der Waals surface area contributed by atoms with Crippen molar-refractivity contribution in [1.29, 1.82) is 0 Å². The lowest BCUT2D eigenvalue weighted by molar-refractivity contribution is 0.518. The molecule has 1 fully saturated rings. The van der Waals surface area contributed by atoms with E-state index in [0.717, 1.165) is 24.4 Å². The molecule has 23 heavy (non-hydrogen) atoms. The molecule has 4 rings (SSSR count). The quantitative estimate of drug-likeness (QED) is 0.653. The molecule has 0 amide bonds. The maximum absolute atomic E-state index is 4.95. The highest BCUT2D eigenvalue weighted by Gasteiger charge is 2.19. The summed E-state index contributed by atoms with van der Waals surface area (Å²) >= 11 is 0. The number of benzene rings is 2. The number of rotatable bonds is 4. The smallest absolute Gasteiger partial charge is 0.110 e. The van der Waals surface area contributed by atoms with Crippen molar-refractivity contribution in [3.8, 4) is 0 Å². The van der Waals surface area contributed by atoms with Crippen molar-refractivity contribution >= 4 is 11.0 Å². The molecule has 1 heterocycles. The third-order valence-electron chi connectivity index (χ3n) is 5.14. The second kappa shape index (κ2) is 6.19. The molecule has 1 aliphatic carbocycles. The number of aromatic nitrogens is 2. The molecule has 0 radical (unpaired) electrons. The van der Waals surface area contributed by atoms with E-state index >= 15 is 0 Å². The average Bonchev–Trinajstić information content (AvgIpc) is 3.19. The van der Waals surface area contributed by atoms with E-state index in [9.17, 15) is 0 Å². The highest BCUT2D eigenvalue weighted by Crippen LogP contribution is 2.29. The first kappa shape index (κ1) is 14.5. The monoisotopic (exact) mass is 304 g/mol. The van der Waals surface area contributed by atoms with E-state index in [1.54, 1.807) is 0 Å². The second-order valence-electron chi connectivity index (χ2n) is 6.94. The van der Waals surface area contributed by atoms with E-state index in [2.05, 4.69) is 60.0 Å². The van der Waals surface area contributed by atoms with Crippen LogP contribution in [-0.2, 0) is 13.0 Å². The molecule has 1 saturated carbocycles. The van der Waals surface area contributed by atoms with Gasteiger partial charge in [-0.3, -0.25) is 0 Å². The van der Waals surface area contributed by atoms with Crippen LogP contribution in [0.1, 0.15) is 42.6 Å². The fourth-order valence-electron chi connectivity index (χ4n) is 3.81. The molecular formula is C21H24N2. The van der Waals surface area contributed by atoms with Crippen LogP contribution >= 0.6 is 0 Å². The molecular weight excluding hydrogens is 280 g/mol. The fraction of sp³-hybridized carbons (Fsp3) is 0.381. The van der Waals surface area contributed by atoms with Crippen molar-refractivity contribution in [2.24, 2.45) is 5.92 Å². The van der Waals surface area contributed by atoms with Crippen molar-refractivity contribution < 1.29 is 0 Å². The van der Waals surface area contributed by atoms with Crippen molar-refractivity contribution in [2.75, 3.05) is 0 Å². The molecule has 2 aromatic carbocycles. The zero-order valence-electron chi connectivity index (χ0n) is 13.8. The predicted molar refractivity (Wildman–Crippen MR) is 95.7 cm³/mol. The van der Waals surface area contributed by atoms with Gasteiger partial charge in [-0.05, 0) is 30.5 Å². The van der Waals surface area contributed by atoms with Crippen LogP contribution < -0.4 is 0 Å². The lowest BCUT2D eigenvalue weighted by Gasteiger charge is -2.13. The highest BCUT2D eigenvalue weighted by molar-refractivity contribution is 5.76. The Morgan fingerprint density at radius 1 is 1.00 bits per heavy atom. The number of hydrogen-bond donors (Lipinski definition) is 0. The van der Waals surface area contributed by atoms with Crippen LogP contribution in [0.5, 0.6) is 0 Å². The van der Waals surface area contributed by atoms with Gasteiger partial charge in [-0.15, -0.1) is 0 Å². The first-order chi connectivity index (χ1) is 11.3. The number of nitrogens with zero attached hydrogens (tertiary/aromatic N) is 2. The number of fused-ring (bicyclic) bond motifs is 1. The fourth-order valence-corrected chi connectivity index (χ4v) is 3.81. The highest BCUT2D eigenvalue weighted by atomic mass is 15.1. The molecule has 118 valence electrons. The van der Waals surface area contributed by atoms with Crippen LogP contribution in [0, 0.1) is 12.8 Å². The first-order valence-electron chi connectivity index (χ1n) is 8.79. The minimum absolute atomic E-state index is 0.823. The van der Waals surface area contributed by atoms with Gasteiger partial charge < -0.3 is 4.57 Å². The minimum Gasteiger partial charge on any atom is -0.323 e. The molecule has 0 unspecified atom stereocenters. The van der Waals surface area contributed by atoms with Gasteiger partial charge in [0.1, 0.15) is 5.82 Å². The Bertz CT molecular complexity index is 792. The molecule has 0 N–H and O–H groups in total. The molecule has 0 spiro atoms. The third kappa shape index (κ3) is 3.03. The summed E-state index contributed by atoms with van der Waals surface area (Å²) in [4.78, 5) is 4.95. The second-order valence-corrected chi connectivity index (χ2v) is 6.94. The van der Waals surface area contributed by atoms with Crippen LogP contribution in [-0.4, -0.2) is 9.55 Å². The Morgan fingerprint density at radius 3 is 2.52 bits per heavy atom. The van der Waals surface area contributed by atoms with Crippen molar-refractivity contribution in [2.45, 2.75) is 45.6 Å². The van der Waals surface area contributed by atoms with Crippen LogP contribution in [0.2, 0.25) is 0 Å². The number of hydrogen-bond acceptors (Lipinski definition) is 1. The van der Waals surface area contributed by atoms with E-state index in [-0.39, 0.29) is 0 Å². The summed E-state index contributed by atoms with van der Waals surface area (Å²) < 4.78 is 2.43. The summed E-state index contributed by atoms with van der Waals surface area (Å²) in [6.45, 7) is 3.06. The van der Waals surface area contributed by atoms with E-state index in [1.807, 2.05) is 0 Å². The average molecular weight is 304 g/mol. The Labute approximate surface area is 138 Å². The molecule has 0 atom stereocenters. The lowest BCUT2D eigenvalue weighted by atomic mass is 10.0. The van der Waals surface area contributed by atoms with Crippen LogP contribution in [0.3, 0.4) is 0 Å². The summed E-state index contributed by atoms with van der Waals surface area (Å²) in [6.07, 6.45) is 6.65. The summed E-state index contributed by atoms with van der Waals surface area (Å²) in [5.74, 6) is 2.09.